The lowest BCUT2D eigenvalue weighted by Crippen LogP contribution is -2.09. The highest BCUT2D eigenvalue weighted by molar-refractivity contribution is 5.68. The normalized spacial score (nSPS) is 22.1. The molecule has 1 atom stereocenters. The van der Waals surface area contributed by atoms with E-state index in [2.05, 4.69) is 37.8 Å². The second-order valence-electron chi connectivity index (χ2n) is 3.77. The maximum absolute atomic E-state index is 4.11. The molecule has 0 heterocycles. The molecule has 1 unspecified atom stereocenters. The first-order valence-corrected chi connectivity index (χ1v) is 4.53. The fraction of sp³-hybridized carbons (Fsp3) is 0.333. The molecule has 0 spiro atoms. The van der Waals surface area contributed by atoms with Gasteiger partial charge in [0.1, 0.15) is 0 Å². The van der Waals surface area contributed by atoms with Gasteiger partial charge in [0.25, 0.3) is 0 Å². The van der Waals surface area contributed by atoms with Crippen LogP contribution in [0.25, 0.3) is 5.57 Å². The maximum atomic E-state index is 4.11. The molecule has 0 fully saturated rings. The van der Waals surface area contributed by atoms with Crippen molar-refractivity contribution < 1.29 is 0 Å². The molecule has 0 aromatic heterocycles. The predicted molar refractivity (Wildman–Crippen MR) is 53.0 cm³/mol. The van der Waals surface area contributed by atoms with Crippen LogP contribution >= 0.6 is 0 Å². The Hall–Kier alpha value is -1.04. The molecular formula is C12H14. The van der Waals surface area contributed by atoms with Gasteiger partial charge in [0.15, 0.2) is 0 Å². The van der Waals surface area contributed by atoms with Crippen LogP contribution in [0.15, 0.2) is 30.8 Å². The maximum Gasteiger partial charge on any atom is -0.0198 e. The lowest BCUT2D eigenvalue weighted by Gasteiger charge is -2.23. The molecule has 0 saturated carbocycles. The van der Waals surface area contributed by atoms with Crippen molar-refractivity contribution in [2.45, 2.75) is 19.8 Å². The Morgan fingerprint density at radius 1 is 1.25 bits per heavy atom. The second-order valence-corrected chi connectivity index (χ2v) is 3.77. The van der Waals surface area contributed by atoms with E-state index in [1.54, 1.807) is 0 Å². The summed E-state index contributed by atoms with van der Waals surface area (Å²) in [5.41, 5.74) is 4.17. The van der Waals surface area contributed by atoms with Crippen molar-refractivity contribution in [3.63, 3.8) is 0 Å². The number of fused-ring (bicyclic) bond motifs is 1. The fourth-order valence-electron chi connectivity index (χ4n) is 2.02. The molecule has 1 aromatic carbocycles. The number of allylic oxidation sites excluding steroid dienone is 1. The molecule has 0 bridgehead atoms. The Labute approximate surface area is 73.9 Å². The van der Waals surface area contributed by atoms with Gasteiger partial charge in [-0.3, -0.25) is 0 Å². The van der Waals surface area contributed by atoms with E-state index in [-0.39, 0.29) is 0 Å². The molecule has 1 aliphatic rings. The second kappa shape index (κ2) is 2.78. The highest BCUT2D eigenvalue weighted by Crippen LogP contribution is 2.32. The van der Waals surface area contributed by atoms with E-state index in [9.17, 15) is 0 Å². The Balaban J connectivity index is 2.47. The summed E-state index contributed by atoms with van der Waals surface area (Å²) in [5, 5.41) is 0. The van der Waals surface area contributed by atoms with Crippen LogP contribution in [0.5, 0.6) is 0 Å². The van der Waals surface area contributed by atoms with Gasteiger partial charge in [-0.25, -0.2) is 0 Å². The summed E-state index contributed by atoms with van der Waals surface area (Å²) in [7, 11) is 0. The Morgan fingerprint density at radius 2 is 2.00 bits per heavy atom. The van der Waals surface area contributed by atoms with Crippen molar-refractivity contribution >= 4 is 5.57 Å². The Kier molecular flexibility index (Phi) is 1.76. The third-order valence-electron chi connectivity index (χ3n) is 2.56. The molecule has 1 aliphatic carbocycles. The van der Waals surface area contributed by atoms with E-state index in [0.29, 0.717) is 0 Å². The molecule has 0 aliphatic heterocycles. The van der Waals surface area contributed by atoms with E-state index in [1.807, 2.05) is 0 Å². The minimum Gasteiger partial charge on any atom is -0.0952 e. The minimum atomic E-state index is 0.771. The molecule has 0 N–H and O–H groups in total. The van der Waals surface area contributed by atoms with Crippen LogP contribution in [0.3, 0.4) is 0 Å². The molecule has 2 rings (SSSR count). The Morgan fingerprint density at radius 3 is 2.83 bits per heavy atom. The molecule has 12 heavy (non-hydrogen) atoms. The quantitative estimate of drug-likeness (QED) is 0.543. The third kappa shape index (κ3) is 1.18. The van der Waals surface area contributed by atoms with Crippen molar-refractivity contribution in [1.29, 1.82) is 0 Å². The lowest BCUT2D eigenvalue weighted by molar-refractivity contribution is 0.582. The van der Waals surface area contributed by atoms with Crippen LogP contribution in [0, 0.1) is 5.92 Å². The SMILES string of the molecule is C=C1CC(C)Cc2ccccc21. The van der Waals surface area contributed by atoms with Crippen molar-refractivity contribution in [2.75, 3.05) is 0 Å². The Bertz CT molecular complexity index is 310. The average molecular weight is 158 g/mol. The van der Waals surface area contributed by atoms with Gasteiger partial charge in [-0.1, -0.05) is 37.8 Å². The number of benzene rings is 1. The lowest BCUT2D eigenvalue weighted by atomic mass is 9.82. The van der Waals surface area contributed by atoms with Crippen LogP contribution in [0.2, 0.25) is 0 Å². The molecule has 0 amide bonds. The van der Waals surface area contributed by atoms with Gasteiger partial charge in [0, 0.05) is 0 Å². The number of hydrogen-bond acceptors (Lipinski definition) is 0. The van der Waals surface area contributed by atoms with Gasteiger partial charge in [0.2, 0.25) is 0 Å². The molecule has 0 radical (unpaired) electrons. The molecule has 62 valence electrons. The fourth-order valence-corrected chi connectivity index (χ4v) is 2.02. The zero-order chi connectivity index (χ0) is 8.55. The predicted octanol–water partition coefficient (Wildman–Crippen LogP) is 3.28. The molecular weight excluding hydrogens is 144 g/mol. The third-order valence-corrected chi connectivity index (χ3v) is 2.56. The van der Waals surface area contributed by atoms with Crippen LogP contribution in [0.4, 0.5) is 0 Å². The van der Waals surface area contributed by atoms with E-state index >= 15 is 0 Å². The van der Waals surface area contributed by atoms with E-state index < -0.39 is 0 Å². The van der Waals surface area contributed by atoms with Gasteiger partial charge in [-0.2, -0.15) is 0 Å². The summed E-state index contributed by atoms with van der Waals surface area (Å²) < 4.78 is 0. The zero-order valence-electron chi connectivity index (χ0n) is 7.51. The summed E-state index contributed by atoms with van der Waals surface area (Å²) in [5.74, 6) is 0.771. The topological polar surface area (TPSA) is 0 Å². The van der Waals surface area contributed by atoms with Crippen molar-refractivity contribution in [1.82, 2.24) is 0 Å². The highest BCUT2D eigenvalue weighted by Gasteiger charge is 2.16. The van der Waals surface area contributed by atoms with Gasteiger partial charge in [-0.05, 0) is 35.5 Å². The first kappa shape index (κ1) is 7.60. The molecule has 0 saturated heterocycles. The summed E-state index contributed by atoms with van der Waals surface area (Å²) in [6, 6.07) is 8.61. The standard InChI is InChI=1S/C12H14/c1-9-7-10(2)12-6-4-3-5-11(12)8-9/h3-6,9H,2,7-8H2,1H3. The van der Waals surface area contributed by atoms with Gasteiger partial charge < -0.3 is 0 Å². The van der Waals surface area contributed by atoms with Crippen molar-refractivity contribution in [3.8, 4) is 0 Å². The first-order chi connectivity index (χ1) is 5.77. The molecule has 0 heteroatoms. The van der Waals surface area contributed by atoms with Crippen LogP contribution in [-0.2, 0) is 6.42 Å². The molecule has 1 aromatic rings. The van der Waals surface area contributed by atoms with Crippen LogP contribution < -0.4 is 0 Å². The average Bonchev–Trinajstić information content (AvgIpc) is 2.04. The van der Waals surface area contributed by atoms with E-state index in [0.717, 1.165) is 12.3 Å². The van der Waals surface area contributed by atoms with Crippen molar-refractivity contribution in [2.24, 2.45) is 5.92 Å². The summed E-state index contributed by atoms with van der Waals surface area (Å²) in [4.78, 5) is 0. The number of rotatable bonds is 0. The monoisotopic (exact) mass is 158 g/mol. The van der Waals surface area contributed by atoms with Gasteiger partial charge in [-0.15, -0.1) is 0 Å². The van der Waals surface area contributed by atoms with Gasteiger partial charge in [0.05, 0.1) is 0 Å². The minimum absolute atomic E-state index is 0.771. The first-order valence-electron chi connectivity index (χ1n) is 4.53. The molecule has 0 nitrogen and oxygen atoms in total. The van der Waals surface area contributed by atoms with Gasteiger partial charge >= 0.3 is 0 Å². The van der Waals surface area contributed by atoms with Crippen molar-refractivity contribution in [3.05, 3.63) is 42.0 Å². The van der Waals surface area contributed by atoms with E-state index in [4.69, 9.17) is 0 Å². The summed E-state index contributed by atoms with van der Waals surface area (Å²) in [6.07, 6.45) is 2.38. The summed E-state index contributed by atoms with van der Waals surface area (Å²) in [6.45, 7) is 6.40. The highest BCUT2D eigenvalue weighted by atomic mass is 14.2. The van der Waals surface area contributed by atoms with E-state index in [1.165, 1.54) is 23.1 Å². The van der Waals surface area contributed by atoms with Crippen LogP contribution in [-0.4, -0.2) is 0 Å². The number of hydrogen-bond donors (Lipinski definition) is 0. The largest absolute Gasteiger partial charge is 0.0952 e. The smallest absolute Gasteiger partial charge is 0.0198 e. The summed E-state index contributed by atoms with van der Waals surface area (Å²) >= 11 is 0. The zero-order valence-corrected chi connectivity index (χ0v) is 7.51. The van der Waals surface area contributed by atoms with Crippen LogP contribution in [0.1, 0.15) is 24.5 Å².